The second-order valence-corrected chi connectivity index (χ2v) is 6.30. The van der Waals surface area contributed by atoms with Gasteiger partial charge in [0.15, 0.2) is 0 Å². The van der Waals surface area contributed by atoms with Crippen LogP contribution in [0.2, 0.25) is 0 Å². The number of carbonyl (C=O) groups excluding carboxylic acids is 1. The van der Waals surface area contributed by atoms with Crippen LogP contribution in [0.3, 0.4) is 0 Å². The van der Waals surface area contributed by atoms with E-state index in [1.807, 2.05) is 50.2 Å². The lowest BCUT2D eigenvalue weighted by Crippen LogP contribution is -2.45. The standard InChI is InChI=1S/C17H17BrN2O3/c1-11-9-22-16-15(8-14(18)12(2)19-16)20(11)17(21)23-10-13-6-4-3-5-7-13/h3-8,11H,9-10H2,1-2H3/t11-/m0/s1. The van der Waals surface area contributed by atoms with E-state index in [4.69, 9.17) is 9.47 Å². The second kappa shape index (κ2) is 6.58. The van der Waals surface area contributed by atoms with E-state index < -0.39 is 6.09 Å². The number of amides is 1. The zero-order chi connectivity index (χ0) is 16.4. The first-order chi connectivity index (χ1) is 11.1. The van der Waals surface area contributed by atoms with E-state index >= 15 is 0 Å². The van der Waals surface area contributed by atoms with Crippen molar-refractivity contribution in [3.63, 3.8) is 0 Å². The highest BCUT2D eigenvalue weighted by Crippen LogP contribution is 2.36. The summed E-state index contributed by atoms with van der Waals surface area (Å²) in [5.41, 5.74) is 2.39. The first kappa shape index (κ1) is 15.8. The number of aryl methyl sites for hydroxylation is 1. The SMILES string of the molecule is Cc1nc2c(cc1Br)N(C(=O)OCc1ccccc1)[C@@H](C)CO2. The molecule has 0 bridgehead atoms. The molecular weight excluding hydrogens is 360 g/mol. The van der Waals surface area contributed by atoms with Gasteiger partial charge in [-0.25, -0.2) is 9.78 Å². The summed E-state index contributed by atoms with van der Waals surface area (Å²) < 4.78 is 11.9. The molecule has 23 heavy (non-hydrogen) atoms. The summed E-state index contributed by atoms with van der Waals surface area (Å²) in [6, 6.07) is 11.3. The molecule has 0 saturated carbocycles. The van der Waals surface area contributed by atoms with Gasteiger partial charge in [0.05, 0.1) is 11.7 Å². The Hall–Kier alpha value is -2.08. The third-order valence-electron chi connectivity index (χ3n) is 3.66. The van der Waals surface area contributed by atoms with Gasteiger partial charge in [-0.1, -0.05) is 30.3 Å². The fourth-order valence-corrected chi connectivity index (χ4v) is 2.71. The topological polar surface area (TPSA) is 51.7 Å². The van der Waals surface area contributed by atoms with Crippen molar-refractivity contribution in [2.24, 2.45) is 0 Å². The van der Waals surface area contributed by atoms with Crippen molar-refractivity contribution in [1.82, 2.24) is 4.98 Å². The maximum absolute atomic E-state index is 12.5. The number of nitrogens with zero attached hydrogens (tertiary/aromatic N) is 2. The average molecular weight is 377 g/mol. The molecule has 0 spiro atoms. The molecule has 1 atom stereocenters. The van der Waals surface area contributed by atoms with Gasteiger partial charge < -0.3 is 9.47 Å². The highest BCUT2D eigenvalue weighted by molar-refractivity contribution is 9.10. The van der Waals surface area contributed by atoms with Crippen LogP contribution in [-0.4, -0.2) is 23.7 Å². The van der Waals surface area contributed by atoms with E-state index in [0.29, 0.717) is 18.2 Å². The number of anilines is 1. The number of aromatic nitrogens is 1. The minimum absolute atomic E-state index is 0.123. The largest absolute Gasteiger partial charge is 0.474 e. The van der Waals surface area contributed by atoms with E-state index in [0.717, 1.165) is 15.7 Å². The molecule has 0 fully saturated rings. The predicted molar refractivity (Wildman–Crippen MR) is 90.7 cm³/mol. The summed E-state index contributed by atoms with van der Waals surface area (Å²) >= 11 is 3.45. The van der Waals surface area contributed by atoms with Crippen LogP contribution in [0.5, 0.6) is 5.88 Å². The lowest BCUT2D eigenvalue weighted by Gasteiger charge is -2.33. The van der Waals surface area contributed by atoms with Crippen molar-refractivity contribution in [3.8, 4) is 5.88 Å². The molecule has 0 N–H and O–H groups in total. The third kappa shape index (κ3) is 3.32. The predicted octanol–water partition coefficient (Wildman–Crippen LogP) is 4.08. The quantitative estimate of drug-likeness (QED) is 0.792. The van der Waals surface area contributed by atoms with Gasteiger partial charge in [0.2, 0.25) is 5.88 Å². The van der Waals surface area contributed by atoms with Crippen molar-refractivity contribution in [2.75, 3.05) is 11.5 Å². The van der Waals surface area contributed by atoms with E-state index in [1.54, 1.807) is 4.90 Å². The number of rotatable bonds is 2. The average Bonchev–Trinajstić information content (AvgIpc) is 2.55. The van der Waals surface area contributed by atoms with Crippen molar-refractivity contribution < 1.29 is 14.3 Å². The van der Waals surface area contributed by atoms with Gasteiger partial charge in [-0.15, -0.1) is 0 Å². The van der Waals surface area contributed by atoms with E-state index in [-0.39, 0.29) is 12.6 Å². The van der Waals surface area contributed by atoms with E-state index in [1.165, 1.54) is 0 Å². The fraction of sp³-hybridized carbons (Fsp3) is 0.294. The number of ether oxygens (including phenoxy) is 2. The van der Waals surface area contributed by atoms with Crippen LogP contribution < -0.4 is 9.64 Å². The summed E-state index contributed by atoms with van der Waals surface area (Å²) in [6.07, 6.45) is -0.400. The fourth-order valence-electron chi connectivity index (χ4n) is 2.41. The Balaban J connectivity index is 1.81. The zero-order valence-electron chi connectivity index (χ0n) is 13.0. The Labute approximate surface area is 143 Å². The molecule has 1 aliphatic heterocycles. The van der Waals surface area contributed by atoms with Crippen LogP contribution in [-0.2, 0) is 11.3 Å². The highest BCUT2D eigenvalue weighted by atomic mass is 79.9. The smallest absolute Gasteiger partial charge is 0.415 e. The summed E-state index contributed by atoms with van der Waals surface area (Å²) in [7, 11) is 0. The Kier molecular flexibility index (Phi) is 4.52. The zero-order valence-corrected chi connectivity index (χ0v) is 14.5. The lowest BCUT2D eigenvalue weighted by molar-refractivity contribution is 0.139. The number of fused-ring (bicyclic) bond motifs is 1. The van der Waals surface area contributed by atoms with Crippen molar-refractivity contribution in [2.45, 2.75) is 26.5 Å². The first-order valence-corrected chi connectivity index (χ1v) is 8.15. The number of hydrogen-bond donors (Lipinski definition) is 0. The third-order valence-corrected chi connectivity index (χ3v) is 4.46. The highest BCUT2D eigenvalue weighted by Gasteiger charge is 2.32. The van der Waals surface area contributed by atoms with Gasteiger partial charge in [0.25, 0.3) is 0 Å². The molecule has 0 saturated heterocycles. The molecule has 6 heteroatoms. The Bertz CT molecular complexity index is 721. The minimum Gasteiger partial charge on any atom is -0.474 e. The van der Waals surface area contributed by atoms with Crippen molar-refractivity contribution in [3.05, 3.63) is 52.1 Å². The van der Waals surface area contributed by atoms with Crippen LogP contribution in [0.4, 0.5) is 10.5 Å². The van der Waals surface area contributed by atoms with Gasteiger partial charge in [0.1, 0.15) is 18.9 Å². The summed E-state index contributed by atoms with van der Waals surface area (Å²) in [6.45, 7) is 4.42. The van der Waals surface area contributed by atoms with Gasteiger partial charge in [0, 0.05) is 4.47 Å². The van der Waals surface area contributed by atoms with Crippen molar-refractivity contribution >= 4 is 27.7 Å². The molecular formula is C17H17BrN2O3. The molecule has 0 aliphatic carbocycles. The molecule has 1 aliphatic rings. The van der Waals surface area contributed by atoms with Crippen molar-refractivity contribution in [1.29, 1.82) is 0 Å². The van der Waals surface area contributed by atoms with Gasteiger partial charge in [-0.2, -0.15) is 0 Å². The Morgan fingerprint density at radius 2 is 2.17 bits per heavy atom. The van der Waals surface area contributed by atoms with Crippen LogP contribution in [0.1, 0.15) is 18.2 Å². The van der Waals surface area contributed by atoms with E-state index in [9.17, 15) is 4.79 Å². The summed E-state index contributed by atoms with van der Waals surface area (Å²) in [4.78, 5) is 18.5. The van der Waals surface area contributed by atoms with Crippen LogP contribution in [0, 0.1) is 6.92 Å². The molecule has 1 aromatic carbocycles. The number of hydrogen-bond acceptors (Lipinski definition) is 4. The maximum atomic E-state index is 12.5. The first-order valence-electron chi connectivity index (χ1n) is 7.36. The normalized spacial score (nSPS) is 16.5. The molecule has 2 heterocycles. The number of halogens is 1. The number of pyridine rings is 1. The summed E-state index contributed by atoms with van der Waals surface area (Å²) in [5.74, 6) is 0.459. The van der Waals surface area contributed by atoms with Crippen LogP contribution in [0.15, 0.2) is 40.9 Å². The van der Waals surface area contributed by atoms with E-state index in [2.05, 4.69) is 20.9 Å². The molecule has 0 radical (unpaired) electrons. The number of benzene rings is 1. The molecule has 120 valence electrons. The Morgan fingerprint density at radius 3 is 2.91 bits per heavy atom. The molecule has 1 aromatic heterocycles. The van der Waals surface area contributed by atoms with Gasteiger partial charge in [-0.05, 0) is 41.4 Å². The number of carbonyl (C=O) groups is 1. The molecule has 3 rings (SSSR count). The molecule has 5 nitrogen and oxygen atoms in total. The molecule has 1 amide bonds. The van der Waals surface area contributed by atoms with Gasteiger partial charge in [-0.3, -0.25) is 4.90 Å². The monoisotopic (exact) mass is 376 g/mol. The Morgan fingerprint density at radius 1 is 1.43 bits per heavy atom. The summed E-state index contributed by atoms with van der Waals surface area (Å²) in [5, 5.41) is 0. The second-order valence-electron chi connectivity index (χ2n) is 5.45. The molecule has 2 aromatic rings. The maximum Gasteiger partial charge on any atom is 0.415 e. The van der Waals surface area contributed by atoms with Gasteiger partial charge >= 0.3 is 6.09 Å². The van der Waals surface area contributed by atoms with Crippen LogP contribution >= 0.6 is 15.9 Å². The van der Waals surface area contributed by atoms with Crippen LogP contribution in [0.25, 0.3) is 0 Å². The lowest BCUT2D eigenvalue weighted by atomic mass is 10.2. The molecule has 0 unspecified atom stereocenters. The minimum atomic E-state index is -0.400.